The van der Waals surface area contributed by atoms with Crippen LogP contribution >= 0.6 is 11.6 Å². The predicted octanol–water partition coefficient (Wildman–Crippen LogP) is 3.17. The van der Waals surface area contributed by atoms with Crippen LogP contribution in [0.1, 0.15) is 6.92 Å². The Labute approximate surface area is 159 Å². The summed E-state index contributed by atoms with van der Waals surface area (Å²) in [5.41, 5.74) is 0.426. The van der Waals surface area contributed by atoms with E-state index in [0.29, 0.717) is 5.69 Å². The number of rotatable bonds is 6. The lowest BCUT2D eigenvalue weighted by Crippen LogP contribution is -2.42. The van der Waals surface area contributed by atoms with Crippen LogP contribution in [0, 0.1) is 5.82 Å². The molecule has 0 saturated carbocycles. The Bertz CT molecular complexity index is 833. The maximum Gasteiger partial charge on any atom is 0.328 e. The van der Waals surface area contributed by atoms with Crippen molar-refractivity contribution in [1.29, 1.82) is 0 Å². The van der Waals surface area contributed by atoms with E-state index in [1.807, 2.05) is 0 Å². The van der Waals surface area contributed by atoms with Crippen molar-refractivity contribution in [2.24, 2.45) is 0 Å². The molecule has 0 saturated heterocycles. The van der Waals surface area contributed by atoms with Crippen LogP contribution in [0.5, 0.6) is 0 Å². The third-order valence-electron chi connectivity index (χ3n) is 3.28. The lowest BCUT2D eigenvalue weighted by Gasteiger charge is -2.14. The highest BCUT2D eigenvalue weighted by Crippen LogP contribution is 2.19. The number of nitrogens with one attached hydrogen (secondary N) is 3. The topological polar surface area (TPSA) is 96.5 Å². The van der Waals surface area contributed by atoms with Crippen molar-refractivity contribution >= 4 is 40.9 Å². The molecule has 0 aliphatic heterocycles. The van der Waals surface area contributed by atoms with Crippen LogP contribution in [-0.4, -0.2) is 30.6 Å². The Balaban J connectivity index is 1.77. The van der Waals surface area contributed by atoms with Crippen LogP contribution < -0.4 is 16.0 Å². The molecule has 0 fully saturated rings. The van der Waals surface area contributed by atoms with Gasteiger partial charge in [-0.2, -0.15) is 0 Å². The fraction of sp³-hybridized carbons (Fsp3) is 0.167. The Morgan fingerprint density at radius 1 is 1.11 bits per heavy atom. The fourth-order valence-corrected chi connectivity index (χ4v) is 2.16. The smallest absolute Gasteiger partial charge is 0.328 e. The first-order valence-corrected chi connectivity index (χ1v) is 8.27. The average molecular weight is 394 g/mol. The van der Waals surface area contributed by atoms with Gasteiger partial charge in [0.15, 0.2) is 6.61 Å². The van der Waals surface area contributed by atoms with Gasteiger partial charge in [0.05, 0.1) is 5.69 Å². The van der Waals surface area contributed by atoms with E-state index in [1.54, 1.807) is 30.3 Å². The summed E-state index contributed by atoms with van der Waals surface area (Å²) in [7, 11) is 0. The average Bonchev–Trinajstić information content (AvgIpc) is 2.63. The molecule has 2 aromatic rings. The molecule has 0 aliphatic rings. The molecule has 0 radical (unpaired) electrons. The number of hydrogen-bond acceptors (Lipinski definition) is 4. The fourth-order valence-electron chi connectivity index (χ4n) is 1.99. The van der Waals surface area contributed by atoms with E-state index in [9.17, 15) is 18.8 Å². The van der Waals surface area contributed by atoms with Crippen molar-refractivity contribution < 1.29 is 23.5 Å². The Kier molecular flexibility index (Phi) is 7.13. The summed E-state index contributed by atoms with van der Waals surface area (Å²) in [4.78, 5) is 35.5. The third-order valence-corrected chi connectivity index (χ3v) is 3.52. The molecular formula is C18H17ClFN3O4. The van der Waals surface area contributed by atoms with Crippen molar-refractivity contribution in [3.8, 4) is 0 Å². The van der Waals surface area contributed by atoms with E-state index in [4.69, 9.17) is 16.3 Å². The third kappa shape index (κ3) is 6.59. The maximum atomic E-state index is 13.5. The maximum absolute atomic E-state index is 13.5. The summed E-state index contributed by atoms with van der Waals surface area (Å²) >= 11 is 5.73. The number of hydrogen-bond donors (Lipinski definition) is 3. The standard InChI is InChI=1S/C18H17ClFN3O4/c1-11(21-18(26)22-13-5-3-2-4-6-13)17(25)27-10-16(24)23-15-9-12(19)7-8-14(15)20/h2-9,11H,10H2,1H3,(H,23,24)(H2,21,22,26)/t11-/m0/s1. The zero-order chi connectivity index (χ0) is 19.8. The minimum Gasteiger partial charge on any atom is -0.454 e. The van der Waals surface area contributed by atoms with Gasteiger partial charge in [-0.15, -0.1) is 0 Å². The number of esters is 1. The monoisotopic (exact) mass is 393 g/mol. The first-order chi connectivity index (χ1) is 12.8. The van der Waals surface area contributed by atoms with Gasteiger partial charge in [-0.05, 0) is 37.3 Å². The highest BCUT2D eigenvalue weighted by atomic mass is 35.5. The van der Waals surface area contributed by atoms with Gasteiger partial charge in [0.2, 0.25) is 0 Å². The quantitative estimate of drug-likeness (QED) is 0.657. The molecule has 3 amide bonds. The molecule has 0 aliphatic carbocycles. The summed E-state index contributed by atoms with van der Waals surface area (Å²) in [5.74, 6) is -2.24. The molecule has 142 valence electrons. The van der Waals surface area contributed by atoms with Gasteiger partial charge in [0, 0.05) is 10.7 Å². The van der Waals surface area contributed by atoms with Crippen molar-refractivity contribution in [2.75, 3.05) is 17.2 Å². The van der Waals surface area contributed by atoms with Crippen LogP contribution in [0.3, 0.4) is 0 Å². The minimum absolute atomic E-state index is 0.128. The number of ether oxygens (including phenoxy) is 1. The number of anilines is 2. The summed E-state index contributed by atoms with van der Waals surface area (Å²) in [6.45, 7) is 0.762. The molecular weight excluding hydrogens is 377 g/mol. The van der Waals surface area contributed by atoms with Gasteiger partial charge in [-0.25, -0.2) is 14.0 Å². The Morgan fingerprint density at radius 2 is 1.81 bits per heavy atom. The van der Waals surface area contributed by atoms with E-state index in [2.05, 4.69) is 16.0 Å². The van der Waals surface area contributed by atoms with Crippen LogP contribution in [0.25, 0.3) is 0 Å². The van der Waals surface area contributed by atoms with Crippen LogP contribution in [-0.2, 0) is 14.3 Å². The minimum atomic E-state index is -0.996. The number of carbonyl (C=O) groups excluding carboxylic acids is 3. The molecule has 3 N–H and O–H groups in total. The molecule has 0 bridgehead atoms. The second-order valence-corrected chi connectivity index (χ2v) is 5.90. The van der Waals surface area contributed by atoms with Gasteiger partial charge in [-0.3, -0.25) is 4.79 Å². The number of para-hydroxylation sites is 1. The van der Waals surface area contributed by atoms with E-state index < -0.39 is 36.4 Å². The summed E-state index contributed by atoms with van der Waals surface area (Å²) in [6.07, 6.45) is 0. The molecule has 1 atom stereocenters. The number of halogens is 2. The molecule has 0 heterocycles. The molecule has 0 unspecified atom stereocenters. The second-order valence-electron chi connectivity index (χ2n) is 5.47. The lowest BCUT2D eigenvalue weighted by atomic mass is 10.3. The summed E-state index contributed by atoms with van der Waals surface area (Å²) in [5, 5.41) is 7.41. The van der Waals surface area contributed by atoms with Crippen LogP contribution in [0.4, 0.5) is 20.6 Å². The number of urea groups is 1. The zero-order valence-electron chi connectivity index (χ0n) is 14.3. The van der Waals surface area contributed by atoms with Crippen LogP contribution in [0.2, 0.25) is 5.02 Å². The van der Waals surface area contributed by atoms with Crippen LogP contribution in [0.15, 0.2) is 48.5 Å². The highest BCUT2D eigenvalue weighted by molar-refractivity contribution is 6.30. The molecule has 9 heteroatoms. The van der Waals surface area contributed by atoms with Crippen molar-refractivity contribution in [1.82, 2.24) is 5.32 Å². The first kappa shape index (κ1) is 20.2. The van der Waals surface area contributed by atoms with Gasteiger partial charge in [-0.1, -0.05) is 29.8 Å². The van der Waals surface area contributed by atoms with Crippen molar-refractivity contribution in [3.63, 3.8) is 0 Å². The number of benzene rings is 2. The molecule has 0 aromatic heterocycles. The SMILES string of the molecule is C[C@H](NC(=O)Nc1ccccc1)C(=O)OCC(=O)Nc1cc(Cl)ccc1F. The summed E-state index contributed by atoms with van der Waals surface area (Å²) < 4.78 is 18.4. The predicted molar refractivity (Wildman–Crippen MR) is 99.1 cm³/mol. The van der Waals surface area contributed by atoms with E-state index in [1.165, 1.54) is 19.1 Å². The lowest BCUT2D eigenvalue weighted by molar-refractivity contribution is -0.148. The van der Waals surface area contributed by atoms with E-state index in [0.717, 1.165) is 6.07 Å². The summed E-state index contributed by atoms with van der Waals surface area (Å²) in [6, 6.07) is 10.7. The van der Waals surface area contributed by atoms with E-state index >= 15 is 0 Å². The second kappa shape index (κ2) is 9.54. The Hall–Kier alpha value is -3.13. The van der Waals surface area contributed by atoms with Gasteiger partial charge in [0.1, 0.15) is 11.9 Å². The van der Waals surface area contributed by atoms with Gasteiger partial charge in [0.25, 0.3) is 5.91 Å². The van der Waals surface area contributed by atoms with Crippen molar-refractivity contribution in [2.45, 2.75) is 13.0 Å². The number of carbonyl (C=O) groups is 3. The first-order valence-electron chi connectivity index (χ1n) is 7.89. The van der Waals surface area contributed by atoms with Gasteiger partial charge >= 0.3 is 12.0 Å². The molecule has 27 heavy (non-hydrogen) atoms. The molecule has 2 aromatic carbocycles. The van der Waals surface area contributed by atoms with Crippen molar-refractivity contribution in [3.05, 3.63) is 59.4 Å². The molecule has 2 rings (SSSR count). The number of amides is 3. The molecule has 0 spiro atoms. The van der Waals surface area contributed by atoms with Gasteiger partial charge < -0.3 is 20.7 Å². The highest BCUT2D eigenvalue weighted by Gasteiger charge is 2.18. The Morgan fingerprint density at radius 3 is 2.52 bits per heavy atom. The molecule has 7 nitrogen and oxygen atoms in total. The largest absolute Gasteiger partial charge is 0.454 e. The normalized spacial score (nSPS) is 11.2. The zero-order valence-corrected chi connectivity index (χ0v) is 15.0. The van der Waals surface area contributed by atoms with E-state index in [-0.39, 0.29) is 10.7 Å².